The van der Waals surface area contributed by atoms with Gasteiger partial charge in [0.2, 0.25) is 5.82 Å². The number of anilines is 1. The lowest BCUT2D eigenvalue weighted by Crippen LogP contribution is -2.32. The fraction of sp³-hybridized carbons (Fsp3) is 0.278. The molecular formula is C18H21N3O3. The van der Waals surface area contributed by atoms with Crippen molar-refractivity contribution >= 4 is 11.9 Å². The third-order valence-electron chi connectivity index (χ3n) is 3.06. The lowest BCUT2D eigenvalue weighted by atomic mass is 10.1. The highest BCUT2D eigenvalue weighted by atomic mass is 16.6. The molecule has 1 aromatic heterocycles. The van der Waals surface area contributed by atoms with Gasteiger partial charge >= 0.3 is 6.09 Å². The topological polar surface area (TPSA) is 73.2 Å². The van der Waals surface area contributed by atoms with E-state index in [0.29, 0.717) is 12.2 Å². The normalized spacial score (nSPS) is 11.0. The second kappa shape index (κ2) is 7.12. The average Bonchev–Trinajstić information content (AvgIpc) is 2.50. The molecule has 0 aliphatic carbocycles. The summed E-state index contributed by atoms with van der Waals surface area (Å²) in [5.41, 5.74) is 0.430. The number of rotatable bonds is 4. The molecule has 1 amide bonds. The molecule has 0 aliphatic heterocycles. The van der Waals surface area contributed by atoms with Gasteiger partial charge in [0, 0.05) is 6.54 Å². The fourth-order valence-electron chi connectivity index (χ4n) is 2.12. The van der Waals surface area contributed by atoms with Gasteiger partial charge in [0.1, 0.15) is 5.60 Å². The number of ether oxygens (including phenoxy) is 1. The maximum atomic E-state index is 12.6. The molecule has 0 fully saturated rings. The smallest absolute Gasteiger partial charge is 0.413 e. The SMILES string of the molecule is C=CCn1c(-c2ccccc2)cnc(NC(=O)OC(C)(C)C)c1=O. The van der Waals surface area contributed by atoms with Crippen molar-refractivity contribution in [1.29, 1.82) is 0 Å². The molecule has 0 radical (unpaired) electrons. The molecule has 126 valence electrons. The van der Waals surface area contributed by atoms with Crippen molar-refractivity contribution in [3.8, 4) is 11.3 Å². The van der Waals surface area contributed by atoms with E-state index >= 15 is 0 Å². The summed E-state index contributed by atoms with van der Waals surface area (Å²) in [5.74, 6) is -0.0780. The minimum Gasteiger partial charge on any atom is -0.444 e. The molecular weight excluding hydrogens is 306 g/mol. The number of allylic oxidation sites excluding steroid dienone is 1. The Morgan fingerprint density at radius 3 is 2.58 bits per heavy atom. The number of hydrogen-bond acceptors (Lipinski definition) is 4. The van der Waals surface area contributed by atoms with Crippen LogP contribution in [-0.2, 0) is 11.3 Å². The van der Waals surface area contributed by atoms with Crippen molar-refractivity contribution in [3.63, 3.8) is 0 Å². The zero-order valence-corrected chi connectivity index (χ0v) is 14.1. The molecule has 0 bridgehead atoms. The van der Waals surface area contributed by atoms with Crippen LogP contribution in [0, 0.1) is 0 Å². The van der Waals surface area contributed by atoms with Gasteiger partial charge in [0.05, 0.1) is 11.9 Å². The molecule has 6 nitrogen and oxygen atoms in total. The highest BCUT2D eigenvalue weighted by Crippen LogP contribution is 2.18. The first kappa shape index (κ1) is 17.5. The predicted octanol–water partition coefficient (Wildman–Crippen LogP) is 3.44. The van der Waals surface area contributed by atoms with Crippen LogP contribution < -0.4 is 10.9 Å². The first-order valence-corrected chi connectivity index (χ1v) is 7.58. The lowest BCUT2D eigenvalue weighted by molar-refractivity contribution is 0.0635. The van der Waals surface area contributed by atoms with Gasteiger partial charge in [-0.2, -0.15) is 0 Å². The Morgan fingerprint density at radius 1 is 1.33 bits per heavy atom. The Morgan fingerprint density at radius 2 is 2.00 bits per heavy atom. The molecule has 1 heterocycles. The van der Waals surface area contributed by atoms with Gasteiger partial charge in [0.15, 0.2) is 0 Å². The van der Waals surface area contributed by atoms with Gasteiger partial charge in [-0.25, -0.2) is 9.78 Å². The first-order valence-electron chi connectivity index (χ1n) is 7.58. The van der Waals surface area contributed by atoms with Crippen LogP contribution in [0.4, 0.5) is 10.6 Å². The maximum absolute atomic E-state index is 12.6. The van der Waals surface area contributed by atoms with E-state index in [9.17, 15) is 9.59 Å². The number of benzene rings is 1. The van der Waals surface area contributed by atoms with E-state index in [0.717, 1.165) is 5.56 Å². The molecule has 2 rings (SSSR count). The minimum atomic E-state index is -0.718. The number of carbonyl (C=O) groups excluding carboxylic acids is 1. The molecule has 0 spiro atoms. The third-order valence-corrected chi connectivity index (χ3v) is 3.06. The van der Waals surface area contributed by atoms with Crippen LogP contribution in [0.15, 0.2) is 54.0 Å². The molecule has 1 N–H and O–H groups in total. The van der Waals surface area contributed by atoms with Gasteiger partial charge in [-0.1, -0.05) is 36.4 Å². The predicted molar refractivity (Wildman–Crippen MR) is 94.0 cm³/mol. The number of aromatic nitrogens is 2. The van der Waals surface area contributed by atoms with Crippen LogP contribution in [0.5, 0.6) is 0 Å². The second-order valence-corrected chi connectivity index (χ2v) is 6.19. The van der Waals surface area contributed by atoms with E-state index in [1.807, 2.05) is 30.3 Å². The summed E-state index contributed by atoms with van der Waals surface area (Å²) in [6, 6.07) is 9.43. The molecule has 0 atom stereocenters. The number of carbonyl (C=O) groups is 1. The van der Waals surface area contributed by atoms with E-state index in [1.54, 1.807) is 33.0 Å². The lowest BCUT2D eigenvalue weighted by Gasteiger charge is -2.19. The van der Waals surface area contributed by atoms with Crippen molar-refractivity contribution in [2.75, 3.05) is 5.32 Å². The molecule has 0 aliphatic rings. The summed E-state index contributed by atoms with van der Waals surface area (Å²) in [6.07, 6.45) is 2.45. The second-order valence-electron chi connectivity index (χ2n) is 6.19. The molecule has 0 saturated carbocycles. The van der Waals surface area contributed by atoms with E-state index in [-0.39, 0.29) is 5.82 Å². The highest BCUT2D eigenvalue weighted by molar-refractivity contribution is 5.83. The van der Waals surface area contributed by atoms with Crippen LogP contribution in [0.3, 0.4) is 0 Å². The summed E-state index contributed by atoms with van der Waals surface area (Å²) < 4.78 is 6.66. The summed E-state index contributed by atoms with van der Waals surface area (Å²) in [4.78, 5) is 28.6. The quantitative estimate of drug-likeness (QED) is 0.873. The van der Waals surface area contributed by atoms with Crippen molar-refractivity contribution in [1.82, 2.24) is 9.55 Å². The van der Waals surface area contributed by atoms with Gasteiger partial charge in [0.25, 0.3) is 5.56 Å². The summed E-state index contributed by atoms with van der Waals surface area (Å²) in [7, 11) is 0. The Balaban J connectivity index is 2.39. The van der Waals surface area contributed by atoms with Crippen molar-refractivity contribution in [2.24, 2.45) is 0 Å². The summed E-state index contributed by atoms with van der Waals surface area (Å²) in [6.45, 7) is 9.21. The Hall–Kier alpha value is -2.89. The van der Waals surface area contributed by atoms with Gasteiger partial charge in [-0.05, 0) is 26.3 Å². The van der Waals surface area contributed by atoms with Crippen LogP contribution in [0.25, 0.3) is 11.3 Å². The zero-order chi connectivity index (χ0) is 17.7. The van der Waals surface area contributed by atoms with Crippen LogP contribution in [-0.4, -0.2) is 21.2 Å². The molecule has 2 aromatic rings. The molecule has 0 unspecified atom stereocenters. The Bertz CT molecular complexity index is 789. The van der Waals surface area contributed by atoms with Gasteiger partial charge in [-0.15, -0.1) is 6.58 Å². The molecule has 6 heteroatoms. The van der Waals surface area contributed by atoms with Gasteiger partial charge in [-0.3, -0.25) is 14.7 Å². The Kier molecular flexibility index (Phi) is 5.18. The maximum Gasteiger partial charge on any atom is 0.413 e. The van der Waals surface area contributed by atoms with E-state index < -0.39 is 17.3 Å². The van der Waals surface area contributed by atoms with Gasteiger partial charge < -0.3 is 4.74 Å². The Labute approximate surface area is 140 Å². The molecule has 0 saturated heterocycles. The largest absolute Gasteiger partial charge is 0.444 e. The van der Waals surface area contributed by atoms with Crippen LogP contribution in [0.1, 0.15) is 20.8 Å². The highest BCUT2D eigenvalue weighted by Gasteiger charge is 2.19. The summed E-state index contributed by atoms with van der Waals surface area (Å²) >= 11 is 0. The minimum absolute atomic E-state index is 0.0780. The number of nitrogens with zero attached hydrogens (tertiary/aromatic N) is 2. The molecule has 1 aromatic carbocycles. The van der Waals surface area contributed by atoms with E-state index in [4.69, 9.17) is 4.74 Å². The van der Waals surface area contributed by atoms with Crippen LogP contribution in [0.2, 0.25) is 0 Å². The van der Waals surface area contributed by atoms with Crippen LogP contribution >= 0.6 is 0 Å². The molecule has 24 heavy (non-hydrogen) atoms. The monoisotopic (exact) mass is 327 g/mol. The fourth-order valence-corrected chi connectivity index (χ4v) is 2.12. The zero-order valence-electron chi connectivity index (χ0n) is 14.1. The number of amides is 1. The third kappa shape index (κ3) is 4.32. The van der Waals surface area contributed by atoms with Crippen molar-refractivity contribution < 1.29 is 9.53 Å². The standard InChI is InChI=1S/C18H21N3O3/c1-5-11-21-14(13-9-7-6-8-10-13)12-19-15(16(21)22)20-17(23)24-18(2,3)4/h5-10,12H,1,11H2,2-4H3,(H,19,20,23). The first-order chi connectivity index (χ1) is 11.3. The number of nitrogens with one attached hydrogen (secondary N) is 1. The summed E-state index contributed by atoms with van der Waals surface area (Å²) in [5, 5.41) is 2.40. The van der Waals surface area contributed by atoms with E-state index in [2.05, 4.69) is 16.9 Å². The van der Waals surface area contributed by atoms with E-state index in [1.165, 1.54) is 4.57 Å². The number of hydrogen-bond donors (Lipinski definition) is 1. The van der Waals surface area contributed by atoms with Crippen molar-refractivity contribution in [2.45, 2.75) is 32.9 Å². The average molecular weight is 327 g/mol. The van der Waals surface area contributed by atoms with Crippen molar-refractivity contribution in [3.05, 3.63) is 59.5 Å².